The van der Waals surface area contributed by atoms with Crippen LogP contribution >= 0.6 is 24.0 Å². The zero-order chi connectivity index (χ0) is 13.3. The van der Waals surface area contributed by atoms with Crippen molar-refractivity contribution in [3.63, 3.8) is 0 Å². The molecule has 1 aromatic rings. The van der Waals surface area contributed by atoms with Crippen LogP contribution in [0.2, 0.25) is 5.02 Å². The van der Waals surface area contributed by atoms with E-state index in [1.54, 1.807) is 4.90 Å². The SMILES string of the molecule is CC1(CN)CCN(C(=O)c2ccc(F)cc2Cl)C1.Cl. The lowest BCUT2D eigenvalue weighted by Crippen LogP contribution is -2.34. The monoisotopic (exact) mass is 306 g/mol. The summed E-state index contributed by atoms with van der Waals surface area (Å²) in [6.45, 7) is 3.90. The number of carbonyl (C=O) groups excluding carboxylic acids is 1. The standard InChI is InChI=1S/C13H16ClFN2O.ClH/c1-13(7-16)4-5-17(8-13)12(18)10-3-2-9(15)6-11(10)14;/h2-3,6H,4-5,7-8,16H2,1H3;1H. The van der Waals surface area contributed by atoms with Gasteiger partial charge in [-0.05, 0) is 36.6 Å². The van der Waals surface area contributed by atoms with Gasteiger partial charge < -0.3 is 10.6 Å². The lowest BCUT2D eigenvalue weighted by Gasteiger charge is -2.22. The molecule has 19 heavy (non-hydrogen) atoms. The number of hydrogen-bond donors (Lipinski definition) is 1. The van der Waals surface area contributed by atoms with E-state index in [2.05, 4.69) is 6.92 Å². The van der Waals surface area contributed by atoms with Crippen molar-refractivity contribution >= 4 is 29.9 Å². The van der Waals surface area contributed by atoms with Crippen LogP contribution in [0.5, 0.6) is 0 Å². The third-order valence-electron chi connectivity index (χ3n) is 3.50. The Hall–Kier alpha value is -0.840. The summed E-state index contributed by atoms with van der Waals surface area (Å²) in [7, 11) is 0. The molecule has 3 nitrogen and oxygen atoms in total. The highest BCUT2D eigenvalue weighted by molar-refractivity contribution is 6.33. The Morgan fingerprint density at radius 3 is 2.79 bits per heavy atom. The third kappa shape index (κ3) is 3.38. The average Bonchev–Trinajstić information content (AvgIpc) is 2.72. The number of benzene rings is 1. The van der Waals surface area contributed by atoms with Crippen molar-refractivity contribution in [2.24, 2.45) is 11.1 Å². The summed E-state index contributed by atoms with van der Waals surface area (Å²) in [5, 5.41) is 0.154. The predicted molar refractivity (Wildman–Crippen MR) is 76.3 cm³/mol. The first-order valence-electron chi connectivity index (χ1n) is 5.90. The van der Waals surface area contributed by atoms with E-state index in [4.69, 9.17) is 17.3 Å². The predicted octanol–water partition coefficient (Wildman–Crippen LogP) is 2.71. The van der Waals surface area contributed by atoms with E-state index in [9.17, 15) is 9.18 Å². The molecule has 2 rings (SSSR count). The molecule has 0 bridgehead atoms. The van der Waals surface area contributed by atoms with Gasteiger partial charge >= 0.3 is 0 Å². The first-order chi connectivity index (χ1) is 8.45. The third-order valence-corrected chi connectivity index (χ3v) is 3.81. The van der Waals surface area contributed by atoms with Gasteiger partial charge in [-0.15, -0.1) is 12.4 Å². The Kier molecular flexibility index (Phi) is 5.18. The molecule has 0 saturated carbocycles. The van der Waals surface area contributed by atoms with Crippen LogP contribution in [0.3, 0.4) is 0 Å². The van der Waals surface area contributed by atoms with Crippen molar-refractivity contribution < 1.29 is 9.18 Å². The number of nitrogens with two attached hydrogens (primary N) is 1. The quantitative estimate of drug-likeness (QED) is 0.913. The molecule has 1 amide bonds. The van der Waals surface area contributed by atoms with Gasteiger partial charge in [-0.2, -0.15) is 0 Å². The van der Waals surface area contributed by atoms with Gasteiger partial charge in [-0.3, -0.25) is 4.79 Å². The molecule has 1 unspecified atom stereocenters. The minimum atomic E-state index is -0.440. The second-order valence-electron chi connectivity index (χ2n) is 5.12. The highest BCUT2D eigenvalue weighted by atomic mass is 35.5. The molecular weight excluding hydrogens is 290 g/mol. The molecule has 0 aliphatic carbocycles. The minimum Gasteiger partial charge on any atom is -0.338 e. The largest absolute Gasteiger partial charge is 0.338 e. The van der Waals surface area contributed by atoms with Gasteiger partial charge in [0.15, 0.2) is 0 Å². The molecule has 6 heteroatoms. The van der Waals surface area contributed by atoms with E-state index in [0.29, 0.717) is 25.2 Å². The second kappa shape index (κ2) is 6.07. The maximum Gasteiger partial charge on any atom is 0.255 e. The topological polar surface area (TPSA) is 46.3 Å². The average molecular weight is 307 g/mol. The van der Waals surface area contributed by atoms with Crippen LogP contribution in [-0.4, -0.2) is 30.4 Å². The normalized spacial score (nSPS) is 22.2. The van der Waals surface area contributed by atoms with E-state index in [1.807, 2.05) is 0 Å². The smallest absolute Gasteiger partial charge is 0.255 e. The number of carbonyl (C=O) groups is 1. The molecule has 1 heterocycles. The number of nitrogens with zero attached hydrogens (tertiary/aromatic N) is 1. The van der Waals surface area contributed by atoms with Crippen LogP contribution in [0.15, 0.2) is 18.2 Å². The highest BCUT2D eigenvalue weighted by Gasteiger charge is 2.35. The molecule has 1 saturated heterocycles. The van der Waals surface area contributed by atoms with E-state index < -0.39 is 5.82 Å². The first-order valence-corrected chi connectivity index (χ1v) is 6.27. The second-order valence-corrected chi connectivity index (χ2v) is 5.52. The van der Waals surface area contributed by atoms with Crippen molar-refractivity contribution in [2.75, 3.05) is 19.6 Å². The van der Waals surface area contributed by atoms with Gasteiger partial charge in [0.2, 0.25) is 0 Å². The van der Waals surface area contributed by atoms with Crippen LogP contribution in [0, 0.1) is 11.2 Å². The number of hydrogen-bond acceptors (Lipinski definition) is 2. The Balaban J connectivity index is 0.00000180. The molecule has 1 aliphatic heterocycles. The molecule has 1 aliphatic rings. The number of amides is 1. The van der Waals surface area contributed by atoms with Gasteiger partial charge in [0.05, 0.1) is 10.6 Å². The summed E-state index contributed by atoms with van der Waals surface area (Å²) < 4.78 is 12.9. The Morgan fingerprint density at radius 1 is 1.58 bits per heavy atom. The molecule has 0 radical (unpaired) electrons. The molecule has 1 atom stereocenters. The zero-order valence-corrected chi connectivity index (χ0v) is 12.2. The van der Waals surface area contributed by atoms with Crippen molar-refractivity contribution in [1.29, 1.82) is 0 Å². The molecule has 0 spiro atoms. The van der Waals surface area contributed by atoms with Gasteiger partial charge in [-0.1, -0.05) is 18.5 Å². The van der Waals surface area contributed by atoms with Crippen molar-refractivity contribution in [3.05, 3.63) is 34.6 Å². The molecule has 0 aromatic heterocycles. The fraction of sp³-hybridized carbons (Fsp3) is 0.462. The summed E-state index contributed by atoms with van der Waals surface area (Å²) in [5.74, 6) is -0.595. The van der Waals surface area contributed by atoms with Crippen LogP contribution in [0.1, 0.15) is 23.7 Å². The van der Waals surface area contributed by atoms with Crippen molar-refractivity contribution in [2.45, 2.75) is 13.3 Å². The fourth-order valence-corrected chi connectivity index (χ4v) is 2.45. The Labute approximate surface area is 123 Å². The van der Waals surface area contributed by atoms with Crippen LogP contribution in [0.25, 0.3) is 0 Å². The summed E-state index contributed by atoms with van der Waals surface area (Å²) in [6.07, 6.45) is 0.883. The molecular formula is C13H17Cl2FN2O. The van der Waals surface area contributed by atoms with Crippen LogP contribution in [0.4, 0.5) is 4.39 Å². The van der Waals surface area contributed by atoms with Gasteiger partial charge in [0.25, 0.3) is 5.91 Å². The van der Waals surface area contributed by atoms with Crippen molar-refractivity contribution in [3.8, 4) is 0 Å². The summed E-state index contributed by atoms with van der Waals surface area (Å²) >= 11 is 5.90. The maximum atomic E-state index is 12.9. The van der Waals surface area contributed by atoms with Gasteiger partial charge in [0, 0.05) is 13.1 Å². The molecule has 1 fully saturated rings. The lowest BCUT2D eigenvalue weighted by molar-refractivity contribution is 0.0777. The van der Waals surface area contributed by atoms with E-state index in [0.717, 1.165) is 12.5 Å². The molecule has 2 N–H and O–H groups in total. The van der Waals surface area contributed by atoms with Crippen LogP contribution < -0.4 is 5.73 Å². The Morgan fingerprint density at radius 2 is 2.26 bits per heavy atom. The van der Waals surface area contributed by atoms with Gasteiger partial charge in [0.1, 0.15) is 5.82 Å². The highest BCUT2D eigenvalue weighted by Crippen LogP contribution is 2.30. The van der Waals surface area contributed by atoms with E-state index in [1.165, 1.54) is 12.1 Å². The summed E-state index contributed by atoms with van der Waals surface area (Å²) in [5.41, 5.74) is 6.03. The maximum absolute atomic E-state index is 12.9. The van der Waals surface area contributed by atoms with Crippen LogP contribution in [-0.2, 0) is 0 Å². The lowest BCUT2D eigenvalue weighted by atomic mass is 9.90. The zero-order valence-electron chi connectivity index (χ0n) is 10.7. The number of likely N-dealkylation sites (tertiary alicyclic amines) is 1. The Bertz CT molecular complexity index is 484. The van der Waals surface area contributed by atoms with Gasteiger partial charge in [-0.25, -0.2) is 4.39 Å². The van der Waals surface area contributed by atoms with E-state index >= 15 is 0 Å². The molecule has 106 valence electrons. The van der Waals surface area contributed by atoms with Crippen molar-refractivity contribution in [1.82, 2.24) is 4.90 Å². The number of rotatable bonds is 2. The summed E-state index contributed by atoms with van der Waals surface area (Å²) in [6, 6.07) is 3.84. The van der Waals surface area contributed by atoms with E-state index in [-0.39, 0.29) is 28.8 Å². The first kappa shape index (κ1) is 16.2. The number of halogens is 3. The minimum absolute atomic E-state index is 0. The summed E-state index contributed by atoms with van der Waals surface area (Å²) in [4.78, 5) is 14.0. The fourth-order valence-electron chi connectivity index (χ4n) is 2.20. The molecule has 1 aromatic carbocycles.